The third kappa shape index (κ3) is 2.81. The van der Waals surface area contributed by atoms with Gasteiger partial charge in [-0.3, -0.25) is 0 Å². The number of benzene rings is 2. The van der Waals surface area contributed by atoms with E-state index in [0.717, 1.165) is 11.3 Å². The minimum Gasteiger partial charge on any atom is -0.448 e. The van der Waals surface area contributed by atoms with Crippen LogP contribution >= 0.6 is 0 Å². The van der Waals surface area contributed by atoms with Gasteiger partial charge in [0.25, 0.3) is 0 Å². The molecule has 2 aromatic rings. The van der Waals surface area contributed by atoms with Crippen LogP contribution in [0.4, 0.5) is 5.69 Å². The zero-order valence-electron chi connectivity index (χ0n) is 12.8. The van der Waals surface area contributed by atoms with Gasteiger partial charge in [0.05, 0.1) is 0 Å². The first-order valence-corrected chi connectivity index (χ1v) is 7.20. The van der Waals surface area contributed by atoms with Crippen molar-refractivity contribution in [1.82, 2.24) is 5.01 Å². The second kappa shape index (κ2) is 5.56. The normalized spacial score (nSPS) is 15.9. The molecule has 1 aliphatic heterocycles. The van der Waals surface area contributed by atoms with Crippen LogP contribution in [0.1, 0.15) is 19.4 Å². The van der Waals surface area contributed by atoms with E-state index in [9.17, 15) is 0 Å². The first-order valence-electron chi connectivity index (χ1n) is 7.20. The molecule has 1 aliphatic rings. The number of hydrogen-bond acceptors (Lipinski definition) is 4. The molecular weight excluding hydrogens is 274 g/mol. The zero-order chi connectivity index (χ0) is 15.6. The zero-order valence-corrected chi connectivity index (χ0v) is 12.8. The lowest BCUT2D eigenvalue weighted by Gasteiger charge is -2.30. The van der Waals surface area contributed by atoms with Crippen LogP contribution in [0.2, 0.25) is 0 Å². The lowest BCUT2D eigenvalue weighted by atomic mass is 10.2. The summed E-state index contributed by atoms with van der Waals surface area (Å²) < 4.78 is 5.98. The predicted octanol–water partition coefficient (Wildman–Crippen LogP) is 4.00. The van der Waals surface area contributed by atoms with Crippen LogP contribution in [0.5, 0.6) is 0 Å². The summed E-state index contributed by atoms with van der Waals surface area (Å²) in [6, 6.07) is 19.7. The highest BCUT2D eigenvalue weighted by atomic mass is 16.5. The van der Waals surface area contributed by atoms with Crippen molar-refractivity contribution in [3.63, 3.8) is 0 Å². The summed E-state index contributed by atoms with van der Waals surface area (Å²) in [7, 11) is 0. The molecule has 4 heteroatoms. The van der Waals surface area contributed by atoms with Crippen molar-refractivity contribution in [2.75, 3.05) is 5.32 Å². The number of nitrogens with zero attached hydrogens (tertiary/aromatic N) is 2. The quantitative estimate of drug-likeness (QED) is 0.925. The second-order valence-electron chi connectivity index (χ2n) is 5.57. The first kappa shape index (κ1) is 14.2. The van der Waals surface area contributed by atoms with Crippen molar-refractivity contribution in [2.24, 2.45) is 5.10 Å². The molecule has 0 radical (unpaired) electrons. The second-order valence-corrected chi connectivity index (χ2v) is 5.57. The molecular formula is C18H19N3O. The van der Waals surface area contributed by atoms with Gasteiger partial charge in [-0.25, -0.2) is 5.01 Å². The van der Waals surface area contributed by atoms with Crippen molar-refractivity contribution in [1.29, 1.82) is 0 Å². The van der Waals surface area contributed by atoms with Gasteiger partial charge in [-0.2, -0.15) is 0 Å². The number of hydrogen-bond donors (Lipinski definition) is 1. The van der Waals surface area contributed by atoms with Gasteiger partial charge in [-0.15, -0.1) is 5.10 Å². The average molecular weight is 293 g/mol. The highest BCUT2D eigenvalue weighted by Gasteiger charge is 2.38. The van der Waals surface area contributed by atoms with Crippen molar-refractivity contribution >= 4 is 11.6 Å². The van der Waals surface area contributed by atoms with Crippen molar-refractivity contribution in [3.8, 4) is 0 Å². The van der Waals surface area contributed by atoms with Crippen LogP contribution in [-0.4, -0.2) is 16.6 Å². The van der Waals surface area contributed by atoms with E-state index in [0.29, 0.717) is 11.7 Å². The van der Waals surface area contributed by atoms with E-state index in [1.807, 2.05) is 74.5 Å². The van der Waals surface area contributed by atoms with E-state index in [4.69, 9.17) is 4.74 Å². The first-order chi connectivity index (χ1) is 10.6. The Kier molecular flexibility index (Phi) is 3.59. The molecule has 0 amide bonds. The highest BCUT2D eigenvalue weighted by molar-refractivity contribution is 5.95. The molecule has 1 heterocycles. The fraction of sp³-hybridized carbons (Fsp3) is 0.167. The maximum Gasteiger partial charge on any atom is 0.240 e. The number of ether oxygens (including phenoxy) is 1. The van der Waals surface area contributed by atoms with Crippen molar-refractivity contribution in [3.05, 3.63) is 78.6 Å². The Labute approximate surface area is 130 Å². The monoisotopic (exact) mass is 293 g/mol. The highest BCUT2D eigenvalue weighted by Crippen LogP contribution is 2.30. The molecule has 2 aromatic carbocycles. The van der Waals surface area contributed by atoms with E-state index in [1.165, 1.54) is 0 Å². The Morgan fingerprint density at radius 3 is 2.27 bits per heavy atom. The number of para-hydroxylation sites is 1. The number of hydrazone groups is 1. The van der Waals surface area contributed by atoms with E-state index in [1.54, 1.807) is 5.01 Å². The van der Waals surface area contributed by atoms with Crippen LogP contribution in [0.15, 0.2) is 78.2 Å². The van der Waals surface area contributed by atoms with Gasteiger partial charge in [0.15, 0.2) is 0 Å². The lowest BCUT2D eigenvalue weighted by Crippen LogP contribution is -2.39. The Morgan fingerprint density at radius 1 is 1.05 bits per heavy atom. The van der Waals surface area contributed by atoms with E-state index < -0.39 is 5.72 Å². The SMILES string of the molecule is C=C(Nc1ccccc1)N1N=C(c2ccccc2)OC1(C)C. The number of nitrogens with one attached hydrogen (secondary N) is 1. The molecule has 1 N–H and O–H groups in total. The van der Waals surface area contributed by atoms with E-state index in [-0.39, 0.29) is 0 Å². The maximum atomic E-state index is 5.98. The fourth-order valence-corrected chi connectivity index (χ4v) is 2.34. The van der Waals surface area contributed by atoms with E-state index in [2.05, 4.69) is 17.0 Å². The summed E-state index contributed by atoms with van der Waals surface area (Å²) in [4.78, 5) is 0. The minimum absolute atomic E-state index is 0.593. The molecule has 0 bridgehead atoms. The fourth-order valence-electron chi connectivity index (χ4n) is 2.34. The minimum atomic E-state index is -0.593. The number of rotatable bonds is 4. The molecule has 0 fully saturated rings. The lowest BCUT2D eigenvalue weighted by molar-refractivity contribution is -0.00644. The number of anilines is 1. The molecule has 0 saturated carbocycles. The van der Waals surface area contributed by atoms with Gasteiger partial charge in [-0.1, -0.05) is 43.0 Å². The van der Waals surface area contributed by atoms with Crippen LogP contribution in [0.25, 0.3) is 0 Å². The molecule has 0 aromatic heterocycles. The standard InChI is InChI=1S/C18H19N3O/c1-14(19-16-12-8-5-9-13-16)21-18(2,3)22-17(20-21)15-10-6-4-7-11-15/h4-13,19H,1H2,2-3H3. The molecule has 0 unspecified atom stereocenters. The van der Waals surface area contributed by atoms with Gasteiger partial charge in [-0.05, 0) is 38.1 Å². The van der Waals surface area contributed by atoms with Gasteiger partial charge in [0.1, 0.15) is 5.82 Å². The van der Waals surface area contributed by atoms with Crippen LogP contribution in [0.3, 0.4) is 0 Å². The topological polar surface area (TPSA) is 36.9 Å². The summed E-state index contributed by atoms with van der Waals surface area (Å²) in [6.07, 6.45) is 0. The predicted molar refractivity (Wildman–Crippen MR) is 89.2 cm³/mol. The van der Waals surface area contributed by atoms with E-state index >= 15 is 0 Å². The third-order valence-electron chi connectivity index (χ3n) is 3.39. The largest absolute Gasteiger partial charge is 0.448 e. The molecule has 0 spiro atoms. The Bertz CT molecular complexity index is 693. The molecule has 0 aliphatic carbocycles. The van der Waals surface area contributed by atoms with Crippen LogP contribution in [0, 0.1) is 0 Å². The molecule has 3 rings (SSSR count). The molecule has 0 saturated heterocycles. The summed E-state index contributed by atoms with van der Waals surface area (Å²) >= 11 is 0. The van der Waals surface area contributed by atoms with Crippen LogP contribution < -0.4 is 5.32 Å². The summed E-state index contributed by atoms with van der Waals surface area (Å²) in [5.41, 5.74) is 1.32. The summed E-state index contributed by atoms with van der Waals surface area (Å²) in [5, 5.41) is 9.59. The van der Waals surface area contributed by atoms with Gasteiger partial charge in [0, 0.05) is 11.3 Å². The van der Waals surface area contributed by atoms with Crippen molar-refractivity contribution in [2.45, 2.75) is 19.6 Å². The maximum absolute atomic E-state index is 5.98. The van der Waals surface area contributed by atoms with Gasteiger partial charge in [0.2, 0.25) is 11.6 Å². The summed E-state index contributed by atoms with van der Waals surface area (Å²) in [5.74, 6) is 1.27. The van der Waals surface area contributed by atoms with Gasteiger partial charge >= 0.3 is 0 Å². The summed E-state index contributed by atoms with van der Waals surface area (Å²) in [6.45, 7) is 8.01. The smallest absolute Gasteiger partial charge is 0.240 e. The Morgan fingerprint density at radius 2 is 1.64 bits per heavy atom. The third-order valence-corrected chi connectivity index (χ3v) is 3.39. The molecule has 0 atom stereocenters. The van der Waals surface area contributed by atoms with Crippen molar-refractivity contribution < 1.29 is 4.74 Å². The Balaban J connectivity index is 1.82. The Hall–Kier alpha value is -2.75. The molecule has 112 valence electrons. The van der Waals surface area contributed by atoms with Gasteiger partial charge < -0.3 is 10.1 Å². The van der Waals surface area contributed by atoms with Crippen LogP contribution in [-0.2, 0) is 4.74 Å². The molecule has 4 nitrogen and oxygen atoms in total. The average Bonchev–Trinajstić information content (AvgIpc) is 2.85. The molecule has 22 heavy (non-hydrogen) atoms.